The van der Waals surface area contributed by atoms with E-state index in [4.69, 9.17) is 4.74 Å². The summed E-state index contributed by atoms with van der Waals surface area (Å²) in [7, 11) is 0. The second-order valence-electron chi connectivity index (χ2n) is 6.57. The van der Waals surface area contributed by atoms with Crippen LogP contribution in [0.3, 0.4) is 0 Å². The monoisotopic (exact) mass is 287 g/mol. The van der Waals surface area contributed by atoms with E-state index in [0.717, 1.165) is 6.42 Å². The van der Waals surface area contributed by atoms with Crippen LogP contribution in [-0.2, 0) is 9.53 Å². The Kier molecular flexibility index (Phi) is 14.6. The van der Waals surface area contributed by atoms with Crippen LogP contribution in [0.15, 0.2) is 0 Å². The van der Waals surface area contributed by atoms with Crippen molar-refractivity contribution in [1.82, 2.24) is 6.15 Å². The molecule has 0 atom stereocenters. The van der Waals surface area contributed by atoms with E-state index in [9.17, 15) is 4.79 Å². The summed E-state index contributed by atoms with van der Waals surface area (Å²) in [5, 5.41) is 0. The molecule has 0 aliphatic heterocycles. The minimum Gasteiger partial charge on any atom is -0.465 e. The Morgan fingerprint density at radius 3 is 1.60 bits per heavy atom. The van der Waals surface area contributed by atoms with Gasteiger partial charge in [0.15, 0.2) is 0 Å². The Bertz CT molecular complexity index is 222. The molecule has 0 radical (unpaired) electrons. The number of unbranched alkanes of at least 4 members (excludes halogenated alkanes) is 9. The van der Waals surface area contributed by atoms with E-state index in [-0.39, 0.29) is 17.5 Å². The van der Waals surface area contributed by atoms with E-state index in [1.165, 1.54) is 57.8 Å². The number of carbonyl (C=O) groups is 1. The minimum absolute atomic E-state index is 0. The molecule has 0 unspecified atom stereocenters. The minimum atomic E-state index is -0.363. The molecule has 0 aromatic rings. The summed E-state index contributed by atoms with van der Waals surface area (Å²) in [5.41, 5.74) is -0.363. The third-order valence-corrected chi connectivity index (χ3v) is 3.34. The molecule has 0 saturated carbocycles. The Labute approximate surface area is 126 Å². The van der Waals surface area contributed by atoms with Gasteiger partial charge in [-0.15, -0.1) is 0 Å². The zero-order valence-corrected chi connectivity index (χ0v) is 14.3. The average molecular weight is 287 g/mol. The SMILES string of the molecule is CCCCCCCCCCCCOC(=O)C(C)(C)C.N. The highest BCUT2D eigenvalue weighted by Gasteiger charge is 2.22. The van der Waals surface area contributed by atoms with Gasteiger partial charge < -0.3 is 10.9 Å². The zero-order valence-electron chi connectivity index (χ0n) is 14.3. The van der Waals surface area contributed by atoms with Crippen LogP contribution in [0.5, 0.6) is 0 Å². The van der Waals surface area contributed by atoms with Crippen molar-refractivity contribution in [1.29, 1.82) is 0 Å². The largest absolute Gasteiger partial charge is 0.465 e. The van der Waals surface area contributed by atoms with E-state index in [1.807, 2.05) is 20.8 Å². The van der Waals surface area contributed by atoms with Crippen LogP contribution >= 0.6 is 0 Å². The third-order valence-electron chi connectivity index (χ3n) is 3.34. The summed E-state index contributed by atoms with van der Waals surface area (Å²) in [6, 6.07) is 0. The number of hydrogen-bond donors (Lipinski definition) is 1. The molecule has 0 amide bonds. The summed E-state index contributed by atoms with van der Waals surface area (Å²) in [6.07, 6.45) is 13.1. The fourth-order valence-corrected chi connectivity index (χ4v) is 1.97. The summed E-state index contributed by atoms with van der Waals surface area (Å²) in [4.78, 5) is 11.5. The molecule has 0 aromatic carbocycles. The predicted molar refractivity (Wildman–Crippen MR) is 87.3 cm³/mol. The lowest BCUT2D eigenvalue weighted by atomic mass is 9.97. The molecule has 0 aliphatic rings. The number of carbonyl (C=O) groups excluding carboxylic acids is 1. The van der Waals surface area contributed by atoms with Gasteiger partial charge in [-0.05, 0) is 27.2 Å². The van der Waals surface area contributed by atoms with Crippen LogP contribution in [-0.4, -0.2) is 12.6 Å². The summed E-state index contributed by atoms with van der Waals surface area (Å²) in [6.45, 7) is 8.54. The van der Waals surface area contributed by atoms with E-state index in [1.54, 1.807) is 0 Å². The van der Waals surface area contributed by atoms with Gasteiger partial charge in [-0.3, -0.25) is 4.79 Å². The first-order valence-electron chi connectivity index (χ1n) is 8.15. The molecule has 0 heterocycles. The topological polar surface area (TPSA) is 61.3 Å². The molecular formula is C17H37NO2. The standard InChI is InChI=1S/C17H34O2.H3N/c1-5-6-7-8-9-10-11-12-13-14-15-19-16(18)17(2,3)4;/h5-15H2,1-4H3;1H3. The Balaban J connectivity index is 0. The predicted octanol–water partition coefficient (Wildman–Crippen LogP) is 5.66. The number of esters is 1. The van der Waals surface area contributed by atoms with E-state index >= 15 is 0 Å². The van der Waals surface area contributed by atoms with Crippen molar-refractivity contribution in [3.63, 3.8) is 0 Å². The first kappa shape index (κ1) is 21.7. The van der Waals surface area contributed by atoms with Gasteiger partial charge in [0.25, 0.3) is 0 Å². The molecule has 0 spiro atoms. The molecule has 20 heavy (non-hydrogen) atoms. The van der Waals surface area contributed by atoms with Gasteiger partial charge in [-0.2, -0.15) is 0 Å². The van der Waals surface area contributed by atoms with Gasteiger partial charge in [-0.25, -0.2) is 0 Å². The van der Waals surface area contributed by atoms with E-state index < -0.39 is 0 Å². The number of ether oxygens (including phenoxy) is 1. The van der Waals surface area contributed by atoms with Crippen molar-refractivity contribution < 1.29 is 9.53 Å². The van der Waals surface area contributed by atoms with Crippen molar-refractivity contribution in [2.75, 3.05) is 6.61 Å². The average Bonchev–Trinajstić information content (AvgIpc) is 2.34. The molecule has 3 nitrogen and oxygen atoms in total. The van der Waals surface area contributed by atoms with Gasteiger partial charge in [-0.1, -0.05) is 64.7 Å². The first-order chi connectivity index (χ1) is 8.98. The zero-order chi connectivity index (χ0) is 14.6. The fraction of sp³-hybridized carbons (Fsp3) is 0.941. The maximum absolute atomic E-state index is 11.5. The first-order valence-corrected chi connectivity index (χ1v) is 8.15. The highest BCUT2D eigenvalue weighted by Crippen LogP contribution is 2.15. The molecule has 0 rings (SSSR count). The maximum Gasteiger partial charge on any atom is 0.311 e. The Morgan fingerprint density at radius 2 is 1.20 bits per heavy atom. The third kappa shape index (κ3) is 13.9. The molecule has 0 fully saturated rings. The number of rotatable bonds is 11. The van der Waals surface area contributed by atoms with Gasteiger partial charge in [0.05, 0.1) is 12.0 Å². The molecule has 3 N–H and O–H groups in total. The van der Waals surface area contributed by atoms with Crippen LogP contribution in [0, 0.1) is 5.41 Å². The van der Waals surface area contributed by atoms with Crippen molar-refractivity contribution in [2.45, 2.75) is 91.9 Å². The van der Waals surface area contributed by atoms with Crippen molar-refractivity contribution in [2.24, 2.45) is 5.41 Å². The van der Waals surface area contributed by atoms with Crippen molar-refractivity contribution in [3.8, 4) is 0 Å². The lowest BCUT2D eigenvalue weighted by molar-refractivity contribution is -0.153. The van der Waals surface area contributed by atoms with E-state index in [2.05, 4.69) is 6.92 Å². The van der Waals surface area contributed by atoms with Gasteiger partial charge >= 0.3 is 5.97 Å². The molecule has 3 heteroatoms. The highest BCUT2D eigenvalue weighted by atomic mass is 16.5. The van der Waals surface area contributed by atoms with Crippen LogP contribution in [0.2, 0.25) is 0 Å². The second kappa shape index (κ2) is 13.4. The van der Waals surface area contributed by atoms with Crippen LogP contribution < -0.4 is 6.15 Å². The van der Waals surface area contributed by atoms with Gasteiger partial charge in [0, 0.05) is 0 Å². The van der Waals surface area contributed by atoms with Crippen molar-refractivity contribution >= 4 is 5.97 Å². The lowest BCUT2D eigenvalue weighted by Crippen LogP contribution is -2.23. The Hall–Kier alpha value is -0.570. The quantitative estimate of drug-likeness (QED) is 0.394. The summed E-state index contributed by atoms with van der Waals surface area (Å²) in [5.74, 6) is -0.0802. The smallest absolute Gasteiger partial charge is 0.311 e. The van der Waals surface area contributed by atoms with Crippen LogP contribution in [0.1, 0.15) is 91.9 Å². The summed E-state index contributed by atoms with van der Waals surface area (Å²) >= 11 is 0. The fourth-order valence-electron chi connectivity index (χ4n) is 1.97. The molecule has 0 bridgehead atoms. The van der Waals surface area contributed by atoms with Gasteiger partial charge in [0.1, 0.15) is 0 Å². The molecule has 0 aromatic heterocycles. The normalized spacial score (nSPS) is 11.0. The summed E-state index contributed by atoms with van der Waals surface area (Å²) < 4.78 is 5.24. The van der Waals surface area contributed by atoms with Crippen molar-refractivity contribution in [3.05, 3.63) is 0 Å². The molecule has 122 valence electrons. The molecule has 0 saturated heterocycles. The number of hydrogen-bond acceptors (Lipinski definition) is 3. The molecule has 0 aliphatic carbocycles. The second-order valence-corrected chi connectivity index (χ2v) is 6.57. The maximum atomic E-state index is 11.5. The highest BCUT2D eigenvalue weighted by molar-refractivity contribution is 5.75. The van der Waals surface area contributed by atoms with Crippen LogP contribution in [0.25, 0.3) is 0 Å². The van der Waals surface area contributed by atoms with Crippen LogP contribution in [0.4, 0.5) is 0 Å². The lowest BCUT2D eigenvalue weighted by Gasteiger charge is -2.16. The van der Waals surface area contributed by atoms with Gasteiger partial charge in [0.2, 0.25) is 0 Å². The Morgan fingerprint density at radius 1 is 0.800 bits per heavy atom. The van der Waals surface area contributed by atoms with E-state index in [0.29, 0.717) is 6.61 Å². The molecular weight excluding hydrogens is 250 g/mol.